The van der Waals surface area contributed by atoms with Gasteiger partial charge in [0.1, 0.15) is 18.4 Å². The van der Waals surface area contributed by atoms with E-state index in [4.69, 9.17) is 9.15 Å². The Balaban J connectivity index is 1.22. The minimum Gasteiger partial charge on any atom is -0.480 e. The number of piperidine rings is 1. The second-order valence-corrected chi connectivity index (χ2v) is 9.34. The molecule has 182 valence electrons. The molecule has 2 atom stereocenters. The van der Waals surface area contributed by atoms with Crippen LogP contribution in [0.2, 0.25) is 0 Å². The summed E-state index contributed by atoms with van der Waals surface area (Å²) in [5, 5.41) is 12.2. The summed E-state index contributed by atoms with van der Waals surface area (Å²) >= 11 is 0. The molecule has 1 aromatic heterocycles. The zero-order valence-corrected chi connectivity index (χ0v) is 19.8. The summed E-state index contributed by atoms with van der Waals surface area (Å²) in [6, 6.07) is 19.0. The topological polar surface area (TPSA) is 92.0 Å². The molecule has 7 nitrogen and oxygen atoms in total. The lowest BCUT2D eigenvalue weighted by Crippen LogP contribution is -2.42. The standard InChI is InChI=1S/C28H30N2O5/c1-18-8-6-7-15-30(18)26-14-13-19(35-26)16-25(27(31)32)29-28(33)34-17-24-22-11-4-2-9-20(22)21-10-3-5-12-23(21)24/h2-5,9-14,18,24-25H,6-8,15-17H2,1H3,(H,29,33)(H,31,32). The highest BCUT2D eigenvalue weighted by molar-refractivity contribution is 5.81. The fourth-order valence-corrected chi connectivity index (χ4v) is 5.24. The monoisotopic (exact) mass is 474 g/mol. The molecule has 0 bridgehead atoms. The van der Waals surface area contributed by atoms with E-state index in [2.05, 4.69) is 29.3 Å². The molecule has 3 aromatic rings. The summed E-state index contributed by atoms with van der Waals surface area (Å²) < 4.78 is 11.5. The molecule has 1 aliphatic heterocycles. The van der Waals surface area contributed by atoms with Gasteiger partial charge in [-0.3, -0.25) is 0 Å². The molecular weight excluding hydrogens is 444 g/mol. The fraction of sp³-hybridized carbons (Fsp3) is 0.357. The van der Waals surface area contributed by atoms with Crippen molar-refractivity contribution in [2.45, 2.75) is 50.6 Å². The molecule has 1 fully saturated rings. The summed E-state index contributed by atoms with van der Waals surface area (Å²) in [6.45, 7) is 3.22. The van der Waals surface area contributed by atoms with Gasteiger partial charge in [0, 0.05) is 31.0 Å². The minimum absolute atomic E-state index is 0.0434. The predicted molar refractivity (Wildman–Crippen MR) is 133 cm³/mol. The van der Waals surface area contributed by atoms with Crippen LogP contribution in [0.3, 0.4) is 0 Å². The first kappa shape index (κ1) is 23.0. The molecule has 35 heavy (non-hydrogen) atoms. The van der Waals surface area contributed by atoms with Crippen molar-refractivity contribution in [3.63, 3.8) is 0 Å². The number of rotatable bonds is 7. The van der Waals surface area contributed by atoms with Crippen LogP contribution in [0, 0.1) is 0 Å². The molecule has 2 N–H and O–H groups in total. The third-order valence-corrected chi connectivity index (χ3v) is 7.07. The quantitative estimate of drug-likeness (QED) is 0.489. The lowest BCUT2D eigenvalue weighted by Gasteiger charge is -2.33. The van der Waals surface area contributed by atoms with Gasteiger partial charge in [0.15, 0.2) is 5.88 Å². The van der Waals surface area contributed by atoms with Crippen molar-refractivity contribution in [2.24, 2.45) is 0 Å². The van der Waals surface area contributed by atoms with Gasteiger partial charge in [-0.1, -0.05) is 48.5 Å². The van der Waals surface area contributed by atoms with Gasteiger partial charge in [-0.05, 0) is 54.5 Å². The summed E-state index contributed by atoms with van der Waals surface area (Å²) in [5.41, 5.74) is 4.48. The summed E-state index contributed by atoms with van der Waals surface area (Å²) in [4.78, 5) is 26.7. The maximum atomic E-state index is 12.6. The molecule has 0 saturated carbocycles. The first-order chi connectivity index (χ1) is 17.0. The smallest absolute Gasteiger partial charge is 0.407 e. The predicted octanol–water partition coefficient (Wildman–Crippen LogP) is 5.19. The van der Waals surface area contributed by atoms with Crippen LogP contribution in [-0.2, 0) is 16.0 Å². The van der Waals surface area contributed by atoms with Gasteiger partial charge in [-0.15, -0.1) is 0 Å². The van der Waals surface area contributed by atoms with Crippen molar-refractivity contribution in [1.29, 1.82) is 0 Å². The van der Waals surface area contributed by atoms with Gasteiger partial charge >= 0.3 is 12.1 Å². The minimum atomic E-state index is -1.15. The van der Waals surface area contributed by atoms with E-state index in [1.54, 1.807) is 6.07 Å². The maximum Gasteiger partial charge on any atom is 0.407 e. The zero-order chi connectivity index (χ0) is 24.4. The number of carboxylic acids is 1. The van der Waals surface area contributed by atoms with E-state index in [1.165, 1.54) is 6.42 Å². The van der Waals surface area contributed by atoms with E-state index < -0.39 is 18.1 Å². The van der Waals surface area contributed by atoms with Gasteiger partial charge in [0.25, 0.3) is 0 Å². The molecule has 7 heteroatoms. The highest BCUT2D eigenvalue weighted by Crippen LogP contribution is 2.44. The average Bonchev–Trinajstić information content (AvgIpc) is 3.45. The number of hydrogen-bond acceptors (Lipinski definition) is 5. The van der Waals surface area contributed by atoms with Gasteiger partial charge in [0.05, 0.1) is 0 Å². The normalized spacial score (nSPS) is 18.0. The number of nitrogens with zero attached hydrogens (tertiary/aromatic N) is 1. The molecule has 2 heterocycles. The van der Waals surface area contributed by atoms with Gasteiger partial charge in [-0.25, -0.2) is 9.59 Å². The molecule has 5 rings (SSSR count). The molecule has 1 amide bonds. The second-order valence-electron chi connectivity index (χ2n) is 9.34. The van der Waals surface area contributed by atoms with Crippen LogP contribution in [0.25, 0.3) is 11.1 Å². The zero-order valence-electron chi connectivity index (χ0n) is 19.8. The number of benzene rings is 2. The average molecular weight is 475 g/mol. The summed E-state index contributed by atoms with van der Waals surface area (Å²) in [7, 11) is 0. The largest absolute Gasteiger partial charge is 0.480 e. The molecule has 2 aromatic carbocycles. The van der Waals surface area contributed by atoms with Crippen molar-refractivity contribution in [1.82, 2.24) is 5.32 Å². The van der Waals surface area contributed by atoms with Crippen molar-refractivity contribution >= 4 is 17.9 Å². The van der Waals surface area contributed by atoms with E-state index >= 15 is 0 Å². The van der Waals surface area contributed by atoms with Crippen molar-refractivity contribution in [2.75, 3.05) is 18.1 Å². The number of ether oxygens (including phenoxy) is 1. The second kappa shape index (κ2) is 9.86. The fourth-order valence-electron chi connectivity index (χ4n) is 5.24. The highest BCUT2D eigenvalue weighted by Gasteiger charge is 2.30. The van der Waals surface area contributed by atoms with Crippen LogP contribution >= 0.6 is 0 Å². The van der Waals surface area contributed by atoms with Crippen molar-refractivity contribution < 1.29 is 23.8 Å². The van der Waals surface area contributed by atoms with Crippen molar-refractivity contribution in [3.8, 4) is 11.1 Å². The Hall–Kier alpha value is -3.74. The lowest BCUT2D eigenvalue weighted by molar-refractivity contribution is -0.139. The Morgan fingerprint density at radius 1 is 1.06 bits per heavy atom. The Bertz CT molecular complexity index is 1170. The van der Waals surface area contributed by atoms with Crippen LogP contribution in [0.15, 0.2) is 65.1 Å². The molecule has 2 aliphatic rings. The molecular formula is C28H30N2O5. The van der Waals surface area contributed by atoms with Crippen LogP contribution in [-0.4, -0.2) is 42.4 Å². The number of carbonyl (C=O) groups excluding carboxylic acids is 1. The Morgan fingerprint density at radius 3 is 2.40 bits per heavy atom. The third-order valence-electron chi connectivity index (χ3n) is 7.07. The summed E-state index contributed by atoms with van der Waals surface area (Å²) in [6.07, 6.45) is 2.71. The molecule has 0 radical (unpaired) electrons. The van der Waals surface area contributed by atoms with Crippen LogP contribution in [0.4, 0.5) is 10.7 Å². The lowest BCUT2D eigenvalue weighted by atomic mass is 9.98. The van der Waals surface area contributed by atoms with Crippen LogP contribution < -0.4 is 10.2 Å². The third kappa shape index (κ3) is 4.76. The van der Waals surface area contributed by atoms with E-state index in [9.17, 15) is 14.7 Å². The number of carboxylic acid groups (broad SMARTS) is 1. The number of hydrogen-bond donors (Lipinski definition) is 2. The number of nitrogens with one attached hydrogen (secondary N) is 1. The summed E-state index contributed by atoms with van der Waals surface area (Å²) in [5.74, 6) is 0.0417. The van der Waals surface area contributed by atoms with E-state index in [0.29, 0.717) is 11.8 Å². The highest BCUT2D eigenvalue weighted by atomic mass is 16.5. The van der Waals surface area contributed by atoms with E-state index in [1.807, 2.05) is 42.5 Å². The molecule has 2 unspecified atom stereocenters. The molecule has 1 saturated heterocycles. The number of fused-ring (bicyclic) bond motifs is 3. The molecule has 0 spiro atoms. The Morgan fingerprint density at radius 2 is 1.74 bits per heavy atom. The van der Waals surface area contributed by atoms with Gasteiger partial charge in [0.2, 0.25) is 0 Å². The SMILES string of the molecule is CC1CCCCN1c1ccc(CC(NC(=O)OCC2c3ccccc3-c3ccccc32)C(=O)O)o1. The Labute approximate surface area is 204 Å². The van der Waals surface area contributed by atoms with Crippen LogP contribution in [0.1, 0.15) is 49.0 Å². The first-order valence-electron chi connectivity index (χ1n) is 12.2. The van der Waals surface area contributed by atoms with E-state index in [0.717, 1.165) is 47.5 Å². The maximum absolute atomic E-state index is 12.6. The number of anilines is 1. The van der Waals surface area contributed by atoms with Crippen molar-refractivity contribution in [3.05, 3.63) is 77.6 Å². The first-order valence-corrected chi connectivity index (χ1v) is 12.2. The van der Waals surface area contributed by atoms with Gasteiger partial charge < -0.3 is 24.5 Å². The number of amides is 1. The number of alkyl carbamates (subject to hydrolysis) is 1. The van der Waals surface area contributed by atoms with Gasteiger partial charge in [-0.2, -0.15) is 0 Å². The number of furan rings is 1. The molecule has 1 aliphatic carbocycles. The number of aliphatic carboxylic acids is 1. The Kier molecular flexibility index (Phi) is 6.49. The van der Waals surface area contributed by atoms with E-state index in [-0.39, 0.29) is 18.9 Å². The number of carbonyl (C=O) groups is 2. The van der Waals surface area contributed by atoms with Crippen LogP contribution in [0.5, 0.6) is 0 Å².